The Balaban J connectivity index is 0.843. The fourth-order valence-electron chi connectivity index (χ4n) is 12.8. The van der Waals surface area contributed by atoms with Crippen molar-refractivity contribution in [2.45, 2.75) is 6.92 Å². The van der Waals surface area contributed by atoms with Gasteiger partial charge in [0, 0.05) is 65.7 Å². The molecule has 5 aromatic heterocycles. The van der Waals surface area contributed by atoms with Crippen LogP contribution in [-0.2, 0) is 0 Å². The number of aromatic nitrogens is 5. The highest BCUT2D eigenvalue weighted by Crippen LogP contribution is 2.43. The Labute approximate surface area is 454 Å². The van der Waals surface area contributed by atoms with E-state index >= 15 is 0 Å². The molecule has 0 aliphatic rings. The molecule has 16 rings (SSSR count). The number of nitriles is 1. The normalized spacial score (nSPS) is 11.8. The number of rotatable bonds is 7. The number of para-hydroxylation sites is 6. The summed E-state index contributed by atoms with van der Waals surface area (Å²) < 4.78 is 9.38. The van der Waals surface area contributed by atoms with Crippen molar-refractivity contribution in [1.29, 1.82) is 5.26 Å². The van der Waals surface area contributed by atoms with Crippen LogP contribution >= 0.6 is 0 Å². The maximum absolute atomic E-state index is 11.3. The number of aryl methyl sites for hydroxylation is 1. The Morgan fingerprint density at radius 2 is 0.658 bits per heavy atom. The molecule has 0 N–H and O–H groups in total. The van der Waals surface area contributed by atoms with Crippen LogP contribution < -0.4 is 0 Å². The van der Waals surface area contributed by atoms with E-state index in [1.807, 2.05) is 19.1 Å². The molecule has 0 spiro atoms. The summed E-state index contributed by atoms with van der Waals surface area (Å²) in [4.78, 5) is 5.11. The molecule has 16 aromatic rings. The van der Waals surface area contributed by atoms with Crippen molar-refractivity contribution in [1.82, 2.24) is 23.3 Å². The molecule has 5 heterocycles. The Hall–Kier alpha value is -10.7. The van der Waals surface area contributed by atoms with Gasteiger partial charge in [0.05, 0.1) is 66.8 Å². The first-order valence-corrected chi connectivity index (χ1v) is 26.8. The minimum Gasteiger partial charge on any atom is -0.309 e. The zero-order chi connectivity index (χ0) is 52.3. The van der Waals surface area contributed by atoms with Crippen molar-refractivity contribution in [3.63, 3.8) is 0 Å². The van der Waals surface area contributed by atoms with Crippen LogP contribution in [0.1, 0.15) is 11.3 Å². The maximum atomic E-state index is 11.3. The maximum Gasteiger partial charge on any atom is 0.101 e. The largest absolute Gasteiger partial charge is 0.309 e. The summed E-state index contributed by atoms with van der Waals surface area (Å²) in [6.45, 7) is 2.02. The van der Waals surface area contributed by atoms with Crippen LogP contribution in [0.5, 0.6) is 0 Å². The van der Waals surface area contributed by atoms with E-state index in [-0.39, 0.29) is 0 Å². The van der Waals surface area contributed by atoms with Crippen molar-refractivity contribution in [3.8, 4) is 62.3 Å². The van der Waals surface area contributed by atoms with Crippen molar-refractivity contribution in [2.75, 3.05) is 0 Å². The van der Waals surface area contributed by atoms with Gasteiger partial charge in [-0.05, 0) is 138 Å². The summed E-state index contributed by atoms with van der Waals surface area (Å²) in [6.07, 6.45) is 0. The molecule has 0 aliphatic carbocycles. The summed E-state index contributed by atoms with van der Waals surface area (Å²) in [7, 11) is 0. The summed E-state index contributed by atoms with van der Waals surface area (Å²) in [5, 5.41) is 20.8. The molecule has 0 unspecified atom stereocenters. The Bertz CT molecular complexity index is 5100. The third kappa shape index (κ3) is 6.80. The van der Waals surface area contributed by atoms with Crippen LogP contribution in [0.3, 0.4) is 0 Å². The van der Waals surface area contributed by atoms with E-state index in [1.54, 1.807) is 0 Å². The molecular formula is C73H46N6. The third-order valence-electron chi connectivity index (χ3n) is 16.3. The number of hydrogen-bond donors (Lipinski definition) is 0. The zero-order valence-electron chi connectivity index (χ0n) is 43.0. The zero-order valence-corrected chi connectivity index (χ0v) is 43.0. The van der Waals surface area contributed by atoms with Crippen molar-refractivity contribution in [2.24, 2.45) is 0 Å². The van der Waals surface area contributed by atoms with Gasteiger partial charge in [-0.25, -0.2) is 0 Å². The van der Waals surface area contributed by atoms with Crippen LogP contribution in [-0.4, -0.2) is 23.3 Å². The van der Waals surface area contributed by atoms with Crippen LogP contribution in [0.4, 0.5) is 0 Å². The predicted octanol–water partition coefficient (Wildman–Crippen LogP) is 18.7. The van der Waals surface area contributed by atoms with Gasteiger partial charge < -0.3 is 18.3 Å². The summed E-state index contributed by atoms with van der Waals surface area (Å²) >= 11 is 0. The van der Waals surface area contributed by atoms with Crippen LogP contribution in [0, 0.1) is 18.3 Å². The van der Waals surface area contributed by atoms with Gasteiger partial charge in [0.15, 0.2) is 0 Å². The molecule has 0 atom stereocenters. The highest BCUT2D eigenvalue weighted by Gasteiger charge is 2.24. The first-order valence-electron chi connectivity index (χ1n) is 26.8. The molecule has 0 radical (unpaired) electrons. The fourth-order valence-corrected chi connectivity index (χ4v) is 12.8. The molecule has 368 valence electrons. The standard InChI is InChI=1S/C73H46N6/c1-46-15-14-22-63(75-46)62-43-51(45-74)72(78-68-27-12-6-20-58(68)60-41-49(33-39-70(60)78)47-29-35-52(36-30-47)76-64-23-8-2-16-54(64)55-17-3-9-24-65(55)76)44-73(62)79-69-28-13-7-21-59(69)61-42-50(34-40-71(61)79)48-31-37-53(38-32-48)77-66-25-10-4-18-56(66)57-19-5-11-26-67(57)77/h2-44H,1H3. The van der Waals surface area contributed by atoms with Crippen molar-refractivity contribution < 1.29 is 0 Å². The van der Waals surface area contributed by atoms with Gasteiger partial charge >= 0.3 is 0 Å². The lowest BCUT2D eigenvalue weighted by molar-refractivity contribution is 1.12. The third-order valence-corrected chi connectivity index (χ3v) is 16.3. The first-order chi connectivity index (χ1) is 39.1. The lowest BCUT2D eigenvalue weighted by Gasteiger charge is -2.19. The minimum atomic E-state index is 0.557. The van der Waals surface area contributed by atoms with E-state index in [4.69, 9.17) is 4.98 Å². The van der Waals surface area contributed by atoms with E-state index in [9.17, 15) is 5.26 Å². The smallest absolute Gasteiger partial charge is 0.101 e. The molecule has 0 amide bonds. The molecule has 0 fully saturated rings. The van der Waals surface area contributed by atoms with Gasteiger partial charge in [0.2, 0.25) is 0 Å². The summed E-state index contributed by atoms with van der Waals surface area (Å²) in [6, 6.07) is 96.3. The topological polar surface area (TPSA) is 56.4 Å². The quantitative estimate of drug-likeness (QED) is 0.160. The average molecular weight is 1010 g/mol. The van der Waals surface area contributed by atoms with Gasteiger partial charge in [-0.15, -0.1) is 0 Å². The summed E-state index contributed by atoms with van der Waals surface area (Å²) in [5.74, 6) is 0. The molecule has 0 saturated heterocycles. The number of fused-ring (bicyclic) bond motifs is 12. The molecule has 6 heteroatoms. The second-order valence-corrected chi connectivity index (χ2v) is 20.7. The Morgan fingerprint density at radius 3 is 1.06 bits per heavy atom. The van der Waals surface area contributed by atoms with E-state index < -0.39 is 0 Å². The van der Waals surface area contributed by atoms with Crippen LogP contribution in [0.15, 0.2) is 261 Å². The number of hydrogen-bond acceptors (Lipinski definition) is 2. The van der Waals surface area contributed by atoms with Gasteiger partial charge in [-0.2, -0.15) is 5.26 Å². The van der Waals surface area contributed by atoms with Crippen LogP contribution in [0.2, 0.25) is 0 Å². The Kier molecular flexibility index (Phi) is 9.81. The van der Waals surface area contributed by atoms with Gasteiger partial charge in [0.25, 0.3) is 0 Å². The summed E-state index contributed by atoms with van der Waals surface area (Å²) in [5.41, 5.74) is 20.6. The molecule has 79 heavy (non-hydrogen) atoms. The molecule has 0 aliphatic heterocycles. The lowest BCUT2D eigenvalue weighted by atomic mass is 10.0. The number of nitrogens with zero attached hydrogens (tertiary/aromatic N) is 6. The Morgan fingerprint density at radius 1 is 0.304 bits per heavy atom. The van der Waals surface area contributed by atoms with Gasteiger partial charge in [-0.3, -0.25) is 4.98 Å². The highest BCUT2D eigenvalue weighted by atomic mass is 15.0. The number of benzene rings is 11. The van der Waals surface area contributed by atoms with Crippen molar-refractivity contribution >= 4 is 87.2 Å². The molecule has 11 aromatic carbocycles. The second kappa shape index (κ2) is 17.4. The van der Waals surface area contributed by atoms with Gasteiger partial charge in [0.1, 0.15) is 6.07 Å². The molecule has 0 saturated carbocycles. The van der Waals surface area contributed by atoms with E-state index in [0.717, 1.165) is 106 Å². The van der Waals surface area contributed by atoms with Gasteiger partial charge in [-0.1, -0.05) is 152 Å². The first kappa shape index (κ1) is 44.5. The predicted molar refractivity (Wildman–Crippen MR) is 327 cm³/mol. The monoisotopic (exact) mass is 1010 g/mol. The lowest BCUT2D eigenvalue weighted by Crippen LogP contribution is -2.05. The van der Waals surface area contributed by atoms with E-state index in [2.05, 4.69) is 273 Å². The van der Waals surface area contributed by atoms with E-state index in [1.165, 1.54) is 43.6 Å². The highest BCUT2D eigenvalue weighted by molar-refractivity contribution is 6.14. The molecular weight excluding hydrogens is 961 g/mol. The molecule has 6 nitrogen and oxygen atoms in total. The molecule has 0 bridgehead atoms. The van der Waals surface area contributed by atoms with Crippen LogP contribution in [0.25, 0.3) is 143 Å². The van der Waals surface area contributed by atoms with E-state index in [0.29, 0.717) is 5.56 Å². The fraction of sp³-hybridized carbons (Fsp3) is 0.0137. The average Bonchev–Trinajstić information content (AvgIpc) is 4.46. The minimum absolute atomic E-state index is 0.557. The van der Waals surface area contributed by atoms with Crippen molar-refractivity contribution in [3.05, 3.63) is 272 Å². The second-order valence-electron chi connectivity index (χ2n) is 20.7. The SMILES string of the molecule is Cc1cccc(-c2cc(C#N)c(-n3c4ccccc4c4cc(-c5ccc(-n6c7ccccc7c7ccccc76)cc5)ccc43)cc2-n2c3ccccc3c3cc(-c4ccc(-n5c6ccccc6c6ccccc65)cc4)ccc32)n1. The number of pyridine rings is 1.